The Hall–Kier alpha value is -1.90. The quantitative estimate of drug-likeness (QED) is 0.667. The second-order valence-corrected chi connectivity index (χ2v) is 10.6. The number of sulfonamides is 1. The number of halogens is 1. The molecule has 1 aliphatic heterocycles. The molecular weight excluding hydrogens is 468 g/mol. The molecule has 6 nitrogen and oxygen atoms in total. The zero-order valence-corrected chi connectivity index (χ0v) is 20.1. The highest BCUT2D eigenvalue weighted by molar-refractivity contribution is 9.10. The van der Waals surface area contributed by atoms with Crippen LogP contribution in [0.4, 0.5) is 5.69 Å². The van der Waals surface area contributed by atoms with Crippen molar-refractivity contribution >= 4 is 37.5 Å². The van der Waals surface area contributed by atoms with Crippen molar-refractivity contribution in [3.8, 4) is 5.75 Å². The maximum atomic E-state index is 13.2. The minimum Gasteiger partial charge on any atom is -0.496 e. The van der Waals surface area contributed by atoms with E-state index in [9.17, 15) is 13.2 Å². The summed E-state index contributed by atoms with van der Waals surface area (Å²) in [6, 6.07) is 8.74. The summed E-state index contributed by atoms with van der Waals surface area (Å²) in [6.07, 6.45) is 1.30. The van der Waals surface area contributed by atoms with E-state index in [4.69, 9.17) is 4.74 Å². The van der Waals surface area contributed by atoms with Crippen molar-refractivity contribution in [2.45, 2.75) is 38.5 Å². The number of carbonyl (C=O) groups excluding carboxylic acids is 1. The molecule has 2 aromatic carbocycles. The molecule has 0 aromatic heterocycles. The van der Waals surface area contributed by atoms with Crippen LogP contribution in [-0.4, -0.2) is 38.8 Å². The molecular formula is C22H27BrN2O4S. The molecule has 3 rings (SSSR count). The van der Waals surface area contributed by atoms with Gasteiger partial charge in [0.2, 0.25) is 15.9 Å². The van der Waals surface area contributed by atoms with E-state index in [1.165, 1.54) is 4.31 Å². The Morgan fingerprint density at radius 1 is 1.13 bits per heavy atom. The molecule has 1 heterocycles. The van der Waals surface area contributed by atoms with Crippen molar-refractivity contribution in [1.82, 2.24) is 4.31 Å². The maximum absolute atomic E-state index is 13.2. The summed E-state index contributed by atoms with van der Waals surface area (Å²) >= 11 is 3.46. The van der Waals surface area contributed by atoms with Gasteiger partial charge in [-0.05, 0) is 80.6 Å². The van der Waals surface area contributed by atoms with Crippen LogP contribution in [-0.2, 0) is 14.8 Å². The Bertz CT molecular complexity index is 1050. The lowest BCUT2D eigenvalue weighted by Gasteiger charge is -2.31. The average molecular weight is 495 g/mol. The van der Waals surface area contributed by atoms with Gasteiger partial charge < -0.3 is 10.1 Å². The highest BCUT2D eigenvalue weighted by Gasteiger charge is 2.33. The first kappa shape index (κ1) is 22.8. The summed E-state index contributed by atoms with van der Waals surface area (Å²) in [7, 11) is -2.12. The summed E-state index contributed by atoms with van der Waals surface area (Å²) < 4.78 is 33.9. The van der Waals surface area contributed by atoms with Crippen LogP contribution in [0.25, 0.3) is 0 Å². The van der Waals surface area contributed by atoms with Crippen molar-refractivity contribution in [1.29, 1.82) is 0 Å². The number of nitrogens with zero attached hydrogens (tertiary/aromatic N) is 1. The largest absolute Gasteiger partial charge is 0.496 e. The summed E-state index contributed by atoms with van der Waals surface area (Å²) in [5.41, 5.74) is 3.47. The smallest absolute Gasteiger partial charge is 0.243 e. The van der Waals surface area contributed by atoms with Crippen molar-refractivity contribution in [2.24, 2.45) is 5.92 Å². The number of methoxy groups -OCH3 is 1. The predicted octanol–water partition coefficient (Wildman–Crippen LogP) is 4.42. The molecule has 1 amide bonds. The summed E-state index contributed by atoms with van der Waals surface area (Å²) in [4.78, 5) is 13.2. The molecule has 1 atom stereocenters. The number of carbonyl (C=O) groups is 1. The zero-order valence-electron chi connectivity index (χ0n) is 17.7. The number of nitrogens with one attached hydrogen (secondary N) is 1. The molecule has 162 valence electrons. The molecule has 0 spiro atoms. The lowest BCUT2D eigenvalue weighted by atomic mass is 9.98. The predicted molar refractivity (Wildman–Crippen MR) is 121 cm³/mol. The van der Waals surface area contributed by atoms with Gasteiger partial charge in [-0.2, -0.15) is 4.31 Å². The highest BCUT2D eigenvalue weighted by atomic mass is 79.9. The number of piperidine rings is 1. The zero-order chi connectivity index (χ0) is 22.1. The average Bonchev–Trinajstić information content (AvgIpc) is 2.70. The number of benzene rings is 2. The highest BCUT2D eigenvalue weighted by Crippen LogP contribution is 2.29. The number of aryl methyl sites for hydroxylation is 3. The normalized spacial score (nSPS) is 17.6. The van der Waals surface area contributed by atoms with Gasteiger partial charge in [0.05, 0.1) is 17.9 Å². The van der Waals surface area contributed by atoms with Gasteiger partial charge >= 0.3 is 0 Å². The van der Waals surface area contributed by atoms with E-state index in [1.807, 2.05) is 32.9 Å². The fraction of sp³-hybridized carbons (Fsp3) is 0.409. The lowest BCUT2D eigenvalue weighted by Crippen LogP contribution is -2.43. The number of ether oxygens (including phenoxy) is 1. The summed E-state index contributed by atoms with van der Waals surface area (Å²) in [5, 5.41) is 3.01. The van der Waals surface area contributed by atoms with E-state index < -0.39 is 15.9 Å². The Balaban J connectivity index is 1.78. The number of anilines is 1. The topological polar surface area (TPSA) is 75.7 Å². The van der Waals surface area contributed by atoms with E-state index >= 15 is 0 Å². The molecule has 2 aromatic rings. The van der Waals surface area contributed by atoms with Gasteiger partial charge in [-0.3, -0.25) is 4.79 Å². The van der Waals surface area contributed by atoms with Gasteiger partial charge in [0.1, 0.15) is 5.75 Å². The van der Waals surface area contributed by atoms with Crippen LogP contribution in [0, 0.1) is 26.7 Å². The first-order valence-corrected chi connectivity index (χ1v) is 12.1. The summed E-state index contributed by atoms with van der Waals surface area (Å²) in [6.45, 7) is 6.28. The third-order valence-corrected chi connectivity index (χ3v) is 7.82. The van der Waals surface area contributed by atoms with Gasteiger partial charge in [-0.25, -0.2) is 8.42 Å². The molecule has 0 saturated carbocycles. The lowest BCUT2D eigenvalue weighted by molar-refractivity contribution is -0.120. The molecule has 1 N–H and O–H groups in total. The second-order valence-electron chi connectivity index (χ2n) is 7.74. The van der Waals surface area contributed by atoms with E-state index in [0.717, 1.165) is 26.9 Å². The number of hydrogen-bond donors (Lipinski definition) is 1. The van der Waals surface area contributed by atoms with E-state index in [2.05, 4.69) is 21.2 Å². The SMILES string of the molecule is COc1ccc(S(=O)(=O)N2CCC[C@H](C(=O)Nc3c(C)cc(Br)cc3C)C2)cc1C. The fourth-order valence-corrected chi connectivity index (χ4v) is 6.16. The molecule has 0 unspecified atom stereocenters. The van der Waals surface area contributed by atoms with Gasteiger partial charge in [-0.15, -0.1) is 0 Å². The van der Waals surface area contributed by atoms with Crippen molar-refractivity contribution in [3.05, 3.63) is 51.5 Å². The van der Waals surface area contributed by atoms with Gasteiger partial charge in [0.15, 0.2) is 0 Å². The first-order valence-electron chi connectivity index (χ1n) is 9.86. The standard InChI is InChI=1S/C22H27BrN2O4S/c1-14-12-19(7-8-20(14)29-4)30(27,28)25-9-5-6-17(13-25)22(26)24-21-15(2)10-18(23)11-16(21)3/h7-8,10-12,17H,5-6,9,13H2,1-4H3,(H,24,26)/t17-/m0/s1. The second kappa shape index (κ2) is 9.08. The van der Waals surface area contributed by atoms with Gasteiger partial charge in [0, 0.05) is 23.2 Å². The monoisotopic (exact) mass is 494 g/mol. The van der Waals surface area contributed by atoms with Crippen LogP contribution >= 0.6 is 15.9 Å². The maximum Gasteiger partial charge on any atom is 0.243 e. The van der Waals surface area contributed by atoms with Crippen LogP contribution in [0.3, 0.4) is 0 Å². The van der Waals surface area contributed by atoms with Crippen molar-refractivity contribution < 1.29 is 17.9 Å². The number of rotatable bonds is 5. The number of amides is 1. The van der Waals surface area contributed by atoms with Gasteiger partial charge in [-0.1, -0.05) is 15.9 Å². The van der Waals surface area contributed by atoms with E-state index in [0.29, 0.717) is 25.1 Å². The van der Waals surface area contributed by atoms with Crippen LogP contribution in [0.2, 0.25) is 0 Å². The van der Waals surface area contributed by atoms with Crippen LogP contribution in [0.15, 0.2) is 39.7 Å². The molecule has 30 heavy (non-hydrogen) atoms. The van der Waals surface area contributed by atoms with Crippen molar-refractivity contribution in [2.75, 3.05) is 25.5 Å². The Morgan fingerprint density at radius 2 is 1.80 bits per heavy atom. The van der Waals surface area contributed by atoms with Crippen molar-refractivity contribution in [3.63, 3.8) is 0 Å². The molecule has 8 heteroatoms. The van der Waals surface area contributed by atoms with E-state index in [1.54, 1.807) is 25.3 Å². The fourth-order valence-electron chi connectivity index (χ4n) is 3.87. The first-order chi connectivity index (χ1) is 14.1. The third kappa shape index (κ3) is 4.71. The van der Waals surface area contributed by atoms with Crippen LogP contribution in [0.5, 0.6) is 5.75 Å². The molecule has 1 saturated heterocycles. The Kier molecular flexibility index (Phi) is 6.89. The molecule has 1 fully saturated rings. The molecule has 0 bridgehead atoms. The van der Waals surface area contributed by atoms with Gasteiger partial charge in [0.25, 0.3) is 0 Å². The minimum absolute atomic E-state index is 0.144. The Labute approximate surface area is 186 Å². The minimum atomic E-state index is -3.68. The molecule has 0 aliphatic carbocycles. The van der Waals surface area contributed by atoms with E-state index in [-0.39, 0.29) is 17.3 Å². The van der Waals surface area contributed by atoms with Crippen LogP contribution < -0.4 is 10.1 Å². The molecule has 0 radical (unpaired) electrons. The molecule has 1 aliphatic rings. The summed E-state index contributed by atoms with van der Waals surface area (Å²) in [5.74, 6) is 0.106. The van der Waals surface area contributed by atoms with Crippen LogP contribution in [0.1, 0.15) is 29.5 Å². The number of hydrogen-bond acceptors (Lipinski definition) is 4. The Morgan fingerprint density at radius 3 is 2.40 bits per heavy atom. The third-order valence-electron chi connectivity index (χ3n) is 5.50.